The monoisotopic (exact) mass is 240 g/mol. The first-order chi connectivity index (χ1) is 7.77. The van der Waals surface area contributed by atoms with E-state index < -0.39 is 6.10 Å². The van der Waals surface area contributed by atoms with Crippen molar-refractivity contribution in [3.8, 4) is 0 Å². The van der Waals surface area contributed by atoms with Crippen LogP contribution in [0.2, 0.25) is 0 Å². The highest BCUT2D eigenvalue weighted by Crippen LogP contribution is 2.19. The van der Waals surface area contributed by atoms with Crippen molar-refractivity contribution in [3.63, 3.8) is 0 Å². The van der Waals surface area contributed by atoms with Gasteiger partial charge in [0, 0.05) is 24.1 Å². The van der Waals surface area contributed by atoms with Crippen LogP contribution < -0.4 is 5.73 Å². The zero-order valence-electron chi connectivity index (χ0n) is 9.00. The van der Waals surface area contributed by atoms with Gasteiger partial charge in [-0.3, -0.25) is 0 Å². The van der Waals surface area contributed by atoms with Crippen molar-refractivity contribution in [1.29, 1.82) is 0 Å². The number of pyridine rings is 1. The van der Waals surface area contributed by atoms with Crippen LogP contribution in [0.25, 0.3) is 0 Å². The van der Waals surface area contributed by atoms with Crippen molar-refractivity contribution >= 4 is 17.6 Å². The van der Waals surface area contributed by atoms with Crippen molar-refractivity contribution in [2.75, 3.05) is 23.8 Å². The van der Waals surface area contributed by atoms with Gasteiger partial charge in [0.1, 0.15) is 5.82 Å². The van der Waals surface area contributed by atoms with Crippen LogP contribution >= 0.6 is 11.8 Å². The fourth-order valence-corrected chi connectivity index (χ4v) is 2.64. The zero-order chi connectivity index (χ0) is 11.4. The van der Waals surface area contributed by atoms with Gasteiger partial charge in [-0.05, 0) is 11.6 Å². The van der Waals surface area contributed by atoms with Gasteiger partial charge in [0.25, 0.3) is 0 Å². The Labute approximate surface area is 99.2 Å². The molecule has 0 aliphatic carbocycles. The fourth-order valence-electron chi connectivity index (χ4n) is 1.71. The Bertz CT molecular complexity index is 343. The number of thioether (sulfide) groups is 1. The first kappa shape index (κ1) is 11.7. The maximum Gasteiger partial charge on any atom is 0.126 e. The maximum absolute atomic E-state index is 10.0. The van der Waals surface area contributed by atoms with Gasteiger partial charge in [-0.1, -0.05) is 6.07 Å². The summed E-state index contributed by atoms with van der Waals surface area (Å²) < 4.78 is 5.52. The molecule has 0 amide bonds. The molecule has 5 heteroatoms. The molecule has 2 atom stereocenters. The first-order valence-electron chi connectivity index (χ1n) is 5.34. The number of ether oxygens (including phenoxy) is 1. The molecule has 0 aromatic carbocycles. The average Bonchev–Trinajstić information content (AvgIpc) is 2.33. The van der Waals surface area contributed by atoms with E-state index in [-0.39, 0.29) is 6.10 Å². The number of nitrogen functional groups attached to an aromatic ring is 1. The average molecular weight is 240 g/mol. The van der Waals surface area contributed by atoms with Gasteiger partial charge >= 0.3 is 0 Å². The van der Waals surface area contributed by atoms with E-state index in [0.717, 1.165) is 23.7 Å². The third-order valence-electron chi connectivity index (χ3n) is 2.63. The van der Waals surface area contributed by atoms with E-state index in [4.69, 9.17) is 10.5 Å². The number of nitrogens with two attached hydrogens (primary N) is 1. The van der Waals surface area contributed by atoms with E-state index in [0.29, 0.717) is 12.2 Å². The smallest absolute Gasteiger partial charge is 0.126 e. The molecule has 88 valence electrons. The molecule has 0 saturated carbocycles. The summed E-state index contributed by atoms with van der Waals surface area (Å²) in [6.07, 6.45) is 1.57. The number of nitrogens with zero attached hydrogens (tertiary/aromatic N) is 1. The molecule has 4 nitrogen and oxygen atoms in total. The Hall–Kier alpha value is -0.780. The number of hydrogen-bond donors (Lipinski definition) is 2. The number of aliphatic hydroxyl groups excluding tert-OH is 1. The van der Waals surface area contributed by atoms with Crippen LogP contribution in [0.5, 0.6) is 0 Å². The molecule has 0 spiro atoms. The standard InChI is InChI=1S/C11H16N2O2S/c12-11-8(2-1-3-13-11)6-9(14)10-7-16-5-4-15-10/h1-3,9-10,14H,4-7H2,(H2,12,13). The van der Waals surface area contributed by atoms with Crippen LogP contribution in [0.15, 0.2) is 18.3 Å². The van der Waals surface area contributed by atoms with Crippen molar-refractivity contribution in [3.05, 3.63) is 23.9 Å². The Kier molecular flexibility index (Phi) is 4.04. The van der Waals surface area contributed by atoms with Crippen LogP contribution in [0, 0.1) is 0 Å². The topological polar surface area (TPSA) is 68.4 Å². The molecular formula is C11H16N2O2S. The highest BCUT2D eigenvalue weighted by molar-refractivity contribution is 7.99. The predicted molar refractivity (Wildman–Crippen MR) is 65.4 cm³/mol. The van der Waals surface area contributed by atoms with E-state index >= 15 is 0 Å². The number of anilines is 1. The second-order valence-electron chi connectivity index (χ2n) is 3.80. The summed E-state index contributed by atoms with van der Waals surface area (Å²) in [7, 11) is 0. The number of aliphatic hydroxyl groups is 1. The minimum absolute atomic E-state index is 0.0849. The van der Waals surface area contributed by atoms with E-state index in [1.807, 2.05) is 23.9 Å². The molecule has 3 N–H and O–H groups in total. The second-order valence-corrected chi connectivity index (χ2v) is 4.95. The number of hydrogen-bond acceptors (Lipinski definition) is 5. The molecule has 1 saturated heterocycles. The van der Waals surface area contributed by atoms with Gasteiger partial charge in [-0.25, -0.2) is 4.98 Å². The van der Waals surface area contributed by atoms with Crippen LogP contribution in [0.1, 0.15) is 5.56 Å². The van der Waals surface area contributed by atoms with Gasteiger partial charge < -0.3 is 15.6 Å². The molecule has 16 heavy (non-hydrogen) atoms. The quantitative estimate of drug-likeness (QED) is 0.814. The van der Waals surface area contributed by atoms with Crippen molar-refractivity contribution in [2.45, 2.75) is 18.6 Å². The number of aromatic nitrogens is 1. The van der Waals surface area contributed by atoms with Crippen molar-refractivity contribution in [2.24, 2.45) is 0 Å². The Balaban J connectivity index is 1.96. The Morgan fingerprint density at radius 1 is 1.69 bits per heavy atom. The largest absolute Gasteiger partial charge is 0.390 e. The van der Waals surface area contributed by atoms with Crippen LogP contribution in [-0.4, -0.2) is 40.4 Å². The van der Waals surface area contributed by atoms with Gasteiger partial charge in [0.15, 0.2) is 0 Å². The highest BCUT2D eigenvalue weighted by atomic mass is 32.2. The molecule has 1 fully saturated rings. The molecule has 1 aliphatic rings. The maximum atomic E-state index is 10.0. The summed E-state index contributed by atoms with van der Waals surface area (Å²) in [6.45, 7) is 0.717. The number of rotatable bonds is 3. The van der Waals surface area contributed by atoms with E-state index in [9.17, 15) is 5.11 Å². The molecule has 0 radical (unpaired) electrons. The summed E-state index contributed by atoms with van der Waals surface area (Å²) in [5.74, 6) is 2.35. The molecule has 2 unspecified atom stereocenters. The molecule has 1 aromatic rings. The van der Waals surface area contributed by atoms with Gasteiger partial charge in [-0.15, -0.1) is 0 Å². The summed E-state index contributed by atoms with van der Waals surface area (Å²) in [6, 6.07) is 3.72. The van der Waals surface area contributed by atoms with Gasteiger partial charge in [0.05, 0.1) is 18.8 Å². The molecule has 0 bridgehead atoms. The predicted octanol–water partition coefficient (Wildman–Crippen LogP) is 0.699. The first-order valence-corrected chi connectivity index (χ1v) is 6.49. The minimum Gasteiger partial charge on any atom is -0.390 e. The van der Waals surface area contributed by atoms with E-state index in [2.05, 4.69) is 4.98 Å². The minimum atomic E-state index is -0.501. The third-order valence-corrected chi connectivity index (χ3v) is 3.65. The Morgan fingerprint density at radius 2 is 2.56 bits per heavy atom. The normalized spacial score (nSPS) is 22.9. The van der Waals surface area contributed by atoms with Gasteiger partial charge in [-0.2, -0.15) is 11.8 Å². The molecule has 2 rings (SSSR count). The van der Waals surface area contributed by atoms with E-state index in [1.54, 1.807) is 6.20 Å². The second kappa shape index (κ2) is 5.52. The van der Waals surface area contributed by atoms with Crippen LogP contribution in [0.3, 0.4) is 0 Å². The van der Waals surface area contributed by atoms with E-state index in [1.165, 1.54) is 0 Å². The lowest BCUT2D eigenvalue weighted by Gasteiger charge is -2.26. The highest BCUT2D eigenvalue weighted by Gasteiger charge is 2.23. The SMILES string of the molecule is Nc1ncccc1CC(O)C1CSCCO1. The summed E-state index contributed by atoms with van der Waals surface area (Å²) in [4.78, 5) is 4.00. The molecule has 1 aromatic heterocycles. The Morgan fingerprint density at radius 3 is 3.25 bits per heavy atom. The van der Waals surface area contributed by atoms with Crippen LogP contribution in [0.4, 0.5) is 5.82 Å². The zero-order valence-corrected chi connectivity index (χ0v) is 9.82. The lowest BCUT2D eigenvalue weighted by molar-refractivity contribution is -0.0207. The molecular weight excluding hydrogens is 224 g/mol. The third kappa shape index (κ3) is 2.87. The summed E-state index contributed by atoms with van der Waals surface area (Å²) >= 11 is 1.81. The van der Waals surface area contributed by atoms with Crippen LogP contribution in [-0.2, 0) is 11.2 Å². The fraction of sp³-hybridized carbons (Fsp3) is 0.545. The lowest BCUT2D eigenvalue weighted by Crippen LogP contribution is -2.36. The summed E-state index contributed by atoms with van der Waals surface area (Å²) in [5.41, 5.74) is 6.61. The van der Waals surface area contributed by atoms with Crippen molar-refractivity contribution in [1.82, 2.24) is 4.98 Å². The lowest BCUT2D eigenvalue weighted by atomic mass is 10.1. The molecule has 2 heterocycles. The molecule has 1 aliphatic heterocycles. The van der Waals surface area contributed by atoms with Crippen molar-refractivity contribution < 1.29 is 9.84 Å². The van der Waals surface area contributed by atoms with Gasteiger partial charge in [0.2, 0.25) is 0 Å². The summed E-state index contributed by atoms with van der Waals surface area (Å²) in [5, 5.41) is 10.0.